The first-order valence-corrected chi connectivity index (χ1v) is 10.7. The van der Waals surface area contributed by atoms with Crippen molar-refractivity contribution >= 4 is 29.9 Å². The Bertz CT molecular complexity index is 772. The van der Waals surface area contributed by atoms with Crippen LogP contribution in [0.1, 0.15) is 31.4 Å². The first-order valence-electron chi connectivity index (χ1n) is 10.7. The molecule has 6 nitrogen and oxygen atoms in total. The number of hydrogen-bond donors (Lipinski definition) is 3. The number of benzene rings is 2. The maximum absolute atomic E-state index is 10.3. The fourth-order valence-corrected chi connectivity index (χ4v) is 3.13. The molecule has 0 amide bonds. The van der Waals surface area contributed by atoms with Gasteiger partial charge >= 0.3 is 0 Å². The molecule has 0 aliphatic rings. The summed E-state index contributed by atoms with van der Waals surface area (Å²) in [5.74, 6) is 2.27. The molecular formula is C24H36IN3O3. The van der Waals surface area contributed by atoms with Gasteiger partial charge in [0.05, 0.1) is 26.4 Å². The number of ether oxygens (including phenoxy) is 2. The highest BCUT2D eigenvalue weighted by atomic mass is 127. The number of hydrogen-bond acceptors (Lipinski definition) is 4. The van der Waals surface area contributed by atoms with Gasteiger partial charge in [0.2, 0.25) is 0 Å². The van der Waals surface area contributed by atoms with E-state index in [0.717, 1.165) is 49.0 Å². The predicted molar refractivity (Wildman–Crippen MR) is 138 cm³/mol. The molecule has 0 spiro atoms. The second-order valence-electron chi connectivity index (χ2n) is 7.01. The van der Waals surface area contributed by atoms with E-state index in [1.54, 1.807) is 7.11 Å². The van der Waals surface area contributed by atoms with Crippen molar-refractivity contribution < 1.29 is 14.6 Å². The van der Waals surface area contributed by atoms with Crippen LogP contribution in [0.15, 0.2) is 53.5 Å². The molecule has 0 fully saturated rings. The second-order valence-corrected chi connectivity index (χ2v) is 7.01. The fourth-order valence-electron chi connectivity index (χ4n) is 3.13. The number of nitrogens with zero attached hydrogens (tertiary/aromatic N) is 1. The number of nitrogens with one attached hydrogen (secondary N) is 2. The monoisotopic (exact) mass is 541 g/mol. The summed E-state index contributed by atoms with van der Waals surface area (Å²) < 4.78 is 11.0. The van der Waals surface area contributed by atoms with Crippen molar-refractivity contribution in [3.05, 3.63) is 59.7 Å². The Labute approximate surface area is 203 Å². The number of halogens is 1. The summed E-state index contributed by atoms with van der Waals surface area (Å²) in [6.45, 7) is 6.53. The van der Waals surface area contributed by atoms with E-state index >= 15 is 0 Å². The van der Waals surface area contributed by atoms with Crippen LogP contribution in [-0.4, -0.2) is 50.5 Å². The summed E-state index contributed by atoms with van der Waals surface area (Å²) in [5.41, 5.74) is 2.32. The van der Waals surface area contributed by atoms with Gasteiger partial charge in [-0.3, -0.25) is 4.99 Å². The number of guanidine groups is 1. The maximum atomic E-state index is 10.3. The molecule has 0 radical (unpaired) electrons. The van der Waals surface area contributed by atoms with Crippen molar-refractivity contribution in [2.45, 2.75) is 39.2 Å². The van der Waals surface area contributed by atoms with Gasteiger partial charge < -0.3 is 25.2 Å². The Morgan fingerprint density at radius 2 is 1.81 bits per heavy atom. The predicted octanol–water partition coefficient (Wildman–Crippen LogP) is 3.80. The van der Waals surface area contributed by atoms with Crippen molar-refractivity contribution in [2.24, 2.45) is 4.99 Å². The molecule has 31 heavy (non-hydrogen) atoms. The fraction of sp³-hybridized carbons (Fsp3) is 0.458. The zero-order valence-electron chi connectivity index (χ0n) is 18.8. The van der Waals surface area contributed by atoms with Crippen molar-refractivity contribution in [2.75, 3.05) is 33.4 Å². The number of rotatable bonds is 12. The summed E-state index contributed by atoms with van der Waals surface area (Å²) in [5, 5.41) is 16.8. The molecular weight excluding hydrogens is 505 g/mol. The molecule has 2 aromatic carbocycles. The number of aryl methyl sites for hydroxylation is 1. The Kier molecular flexibility index (Phi) is 13.7. The molecule has 2 rings (SSSR count). The molecule has 172 valence electrons. The number of aliphatic hydroxyl groups is 1. The summed E-state index contributed by atoms with van der Waals surface area (Å²) in [6, 6.07) is 16.0. The first kappa shape index (κ1) is 27.0. The van der Waals surface area contributed by atoms with E-state index in [4.69, 9.17) is 9.47 Å². The summed E-state index contributed by atoms with van der Waals surface area (Å²) in [7, 11) is 1.65. The van der Waals surface area contributed by atoms with Crippen LogP contribution in [0.4, 0.5) is 0 Å². The van der Waals surface area contributed by atoms with E-state index in [-0.39, 0.29) is 24.0 Å². The minimum atomic E-state index is -0.501. The Morgan fingerprint density at radius 1 is 1.03 bits per heavy atom. The van der Waals surface area contributed by atoms with Crippen LogP contribution >= 0.6 is 24.0 Å². The molecule has 0 saturated carbocycles. The summed E-state index contributed by atoms with van der Waals surface area (Å²) >= 11 is 0. The molecule has 1 unspecified atom stereocenters. The quantitative estimate of drug-likeness (QED) is 0.165. The van der Waals surface area contributed by atoms with Gasteiger partial charge in [-0.15, -0.1) is 24.0 Å². The molecule has 0 aliphatic heterocycles. The molecule has 7 heteroatoms. The van der Waals surface area contributed by atoms with Crippen molar-refractivity contribution in [3.8, 4) is 11.5 Å². The lowest BCUT2D eigenvalue weighted by atomic mass is 10.1. The van der Waals surface area contributed by atoms with E-state index in [2.05, 4.69) is 21.7 Å². The van der Waals surface area contributed by atoms with Crippen LogP contribution in [0.25, 0.3) is 0 Å². The second kappa shape index (κ2) is 15.8. The highest BCUT2D eigenvalue weighted by Gasteiger charge is 2.07. The molecule has 0 heterocycles. The van der Waals surface area contributed by atoms with E-state index in [1.165, 1.54) is 5.56 Å². The molecule has 3 N–H and O–H groups in total. The van der Waals surface area contributed by atoms with Crippen LogP contribution in [0, 0.1) is 0 Å². The molecule has 0 bridgehead atoms. The Balaban J connectivity index is 0.00000480. The summed E-state index contributed by atoms with van der Waals surface area (Å²) in [6.07, 6.45) is 1.98. The van der Waals surface area contributed by atoms with Crippen molar-refractivity contribution in [1.82, 2.24) is 10.6 Å². The summed E-state index contributed by atoms with van der Waals surface area (Å²) in [4.78, 5) is 4.52. The average molecular weight is 541 g/mol. The maximum Gasteiger partial charge on any atom is 0.191 e. The molecule has 2 aromatic rings. The smallest absolute Gasteiger partial charge is 0.191 e. The van der Waals surface area contributed by atoms with Crippen molar-refractivity contribution in [1.29, 1.82) is 0 Å². The van der Waals surface area contributed by atoms with Gasteiger partial charge in [-0.2, -0.15) is 0 Å². The highest BCUT2D eigenvalue weighted by Crippen LogP contribution is 2.28. The van der Waals surface area contributed by atoms with Crippen molar-refractivity contribution in [3.63, 3.8) is 0 Å². The normalized spacial score (nSPS) is 11.9. The van der Waals surface area contributed by atoms with Gasteiger partial charge in [-0.1, -0.05) is 36.4 Å². The number of aliphatic hydroxyl groups excluding tert-OH is 1. The third-order valence-electron chi connectivity index (χ3n) is 4.58. The van der Waals surface area contributed by atoms with E-state index in [9.17, 15) is 5.11 Å². The van der Waals surface area contributed by atoms with Crippen LogP contribution in [-0.2, 0) is 12.8 Å². The number of aliphatic imine (C=N–C) groups is 1. The Hall–Kier alpha value is -2.00. The van der Waals surface area contributed by atoms with Gasteiger partial charge in [0.1, 0.15) is 0 Å². The largest absolute Gasteiger partial charge is 0.493 e. The molecule has 1 atom stereocenters. The van der Waals surface area contributed by atoms with Gasteiger partial charge in [-0.05, 0) is 49.9 Å². The van der Waals surface area contributed by atoms with Gasteiger partial charge in [0.25, 0.3) is 0 Å². The Morgan fingerprint density at radius 3 is 2.48 bits per heavy atom. The molecule has 0 saturated heterocycles. The van der Waals surface area contributed by atoms with Crippen LogP contribution < -0.4 is 20.1 Å². The minimum absolute atomic E-state index is 0. The zero-order valence-corrected chi connectivity index (χ0v) is 21.1. The van der Waals surface area contributed by atoms with Gasteiger partial charge in [0.15, 0.2) is 17.5 Å². The van der Waals surface area contributed by atoms with E-state index < -0.39 is 6.10 Å². The topological polar surface area (TPSA) is 75.1 Å². The lowest BCUT2D eigenvalue weighted by Gasteiger charge is -2.14. The van der Waals surface area contributed by atoms with E-state index in [0.29, 0.717) is 19.6 Å². The van der Waals surface area contributed by atoms with Crippen LogP contribution in [0.5, 0.6) is 11.5 Å². The molecule has 0 aliphatic carbocycles. The van der Waals surface area contributed by atoms with Gasteiger partial charge in [0, 0.05) is 19.5 Å². The van der Waals surface area contributed by atoms with Crippen LogP contribution in [0.3, 0.4) is 0 Å². The zero-order chi connectivity index (χ0) is 21.6. The SMILES string of the molecule is CCNC(=NCC(O)Cc1ccccc1)NCCCc1ccc(OC)c(OCC)c1.I. The lowest BCUT2D eigenvalue weighted by Crippen LogP contribution is -2.38. The van der Waals surface area contributed by atoms with Crippen LogP contribution in [0.2, 0.25) is 0 Å². The third-order valence-corrected chi connectivity index (χ3v) is 4.58. The lowest BCUT2D eigenvalue weighted by molar-refractivity contribution is 0.183. The average Bonchev–Trinajstić information content (AvgIpc) is 2.76. The first-order chi connectivity index (χ1) is 14.7. The number of methoxy groups -OCH3 is 1. The third kappa shape index (κ3) is 10.2. The highest BCUT2D eigenvalue weighted by molar-refractivity contribution is 14.0. The molecule has 0 aromatic heterocycles. The standard InChI is InChI=1S/C24H35N3O3.HI/c1-4-25-24(27-18-21(28)16-19-10-7-6-8-11-19)26-15-9-12-20-13-14-22(29-3)23(17-20)30-5-2;/h6-8,10-11,13-14,17,21,28H,4-5,9,12,15-16,18H2,1-3H3,(H2,25,26,27);1H. The minimum Gasteiger partial charge on any atom is -0.493 e. The van der Waals surface area contributed by atoms with Gasteiger partial charge in [-0.25, -0.2) is 0 Å². The van der Waals surface area contributed by atoms with E-state index in [1.807, 2.05) is 56.3 Å².